The van der Waals surface area contributed by atoms with Crippen LogP contribution in [0.1, 0.15) is 5.56 Å². The normalized spacial score (nSPS) is 12.0. The summed E-state index contributed by atoms with van der Waals surface area (Å²) in [7, 11) is -1.86. The maximum atomic E-state index is 11.6. The molecule has 0 aliphatic carbocycles. The van der Waals surface area contributed by atoms with E-state index in [0.29, 0.717) is 6.54 Å². The zero-order valence-electron chi connectivity index (χ0n) is 8.93. The smallest absolute Gasteiger partial charge is 0.216 e. The molecule has 4 nitrogen and oxygen atoms in total. The molecule has 1 rings (SSSR count). The van der Waals surface area contributed by atoms with Gasteiger partial charge in [0.15, 0.2) is 0 Å². The van der Waals surface area contributed by atoms with Gasteiger partial charge in [-0.3, -0.25) is 0 Å². The molecular formula is C10H14BrNO3S. The van der Waals surface area contributed by atoms with Crippen molar-refractivity contribution in [1.29, 1.82) is 0 Å². The van der Waals surface area contributed by atoms with E-state index in [1.165, 1.54) is 11.4 Å². The van der Waals surface area contributed by atoms with Crippen LogP contribution in [0.5, 0.6) is 0 Å². The number of hydrogen-bond acceptors (Lipinski definition) is 3. The molecule has 0 aromatic heterocycles. The molecule has 1 aromatic carbocycles. The Morgan fingerprint density at radius 3 is 2.56 bits per heavy atom. The lowest BCUT2D eigenvalue weighted by Gasteiger charge is -2.17. The molecule has 0 amide bonds. The summed E-state index contributed by atoms with van der Waals surface area (Å²) in [6, 6.07) is 7.44. The van der Waals surface area contributed by atoms with E-state index in [0.717, 1.165) is 10.0 Å². The third-order valence-electron chi connectivity index (χ3n) is 2.17. The van der Waals surface area contributed by atoms with Crippen LogP contribution in [-0.4, -0.2) is 37.2 Å². The molecule has 1 N–H and O–H groups in total. The Kier molecular flexibility index (Phi) is 4.91. The highest BCUT2D eigenvalue weighted by molar-refractivity contribution is 9.10. The number of nitrogens with zero attached hydrogens (tertiary/aromatic N) is 1. The molecule has 0 radical (unpaired) electrons. The molecule has 0 aliphatic rings. The van der Waals surface area contributed by atoms with Gasteiger partial charge in [-0.1, -0.05) is 34.1 Å². The summed E-state index contributed by atoms with van der Waals surface area (Å²) in [6.07, 6.45) is 0. The number of benzene rings is 1. The second kappa shape index (κ2) is 5.77. The number of hydrogen-bond donors (Lipinski definition) is 1. The zero-order valence-corrected chi connectivity index (χ0v) is 11.3. The minimum absolute atomic E-state index is 0.242. The van der Waals surface area contributed by atoms with Crippen molar-refractivity contribution in [2.45, 2.75) is 6.54 Å². The van der Waals surface area contributed by atoms with Gasteiger partial charge < -0.3 is 5.11 Å². The Hall–Kier alpha value is -0.430. The van der Waals surface area contributed by atoms with E-state index in [9.17, 15) is 8.42 Å². The molecule has 90 valence electrons. The van der Waals surface area contributed by atoms with Crippen LogP contribution in [0.25, 0.3) is 0 Å². The number of halogens is 1. The van der Waals surface area contributed by atoms with Gasteiger partial charge in [0.1, 0.15) is 0 Å². The summed E-state index contributed by atoms with van der Waals surface area (Å²) in [5, 5.41) is 8.66. The van der Waals surface area contributed by atoms with Gasteiger partial charge in [-0.25, -0.2) is 12.7 Å². The van der Waals surface area contributed by atoms with E-state index in [4.69, 9.17) is 5.11 Å². The van der Waals surface area contributed by atoms with Crippen LogP contribution in [0.3, 0.4) is 0 Å². The van der Waals surface area contributed by atoms with Crippen molar-refractivity contribution in [3.8, 4) is 0 Å². The molecule has 16 heavy (non-hydrogen) atoms. The quantitative estimate of drug-likeness (QED) is 0.889. The van der Waals surface area contributed by atoms with Gasteiger partial charge in [0.25, 0.3) is 0 Å². The largest absolute Gasteiger partial charge is 0.395 e. The van der Waals surface area contributed by atoms with Crippen molar-refractivity contribution >= 4 is 26.0 Å². The topological polar surface area (TPSA) is 57.6 Å². The predicted octanol–water partition coefficient (Wildman–Crippen LogP) is 1.20. The fraction of sp³-hybridized carbons (Fsp3) is 0.400. The monoisotopic (exact) mass is 307 g/mol. The summed E-state index contributed by atoms with van der Waals surface area (Å²) in [5.74, 6) is -0.242. The van der Waals surface area contributed by atoms with Crippen LogP contribution >= 0.6 is 15.9 Å². The van der Waals surface area contributed by atoms with E-state index >= 15 is 0 Å². The molecule has 1 aromatic rings. The Morgan fingerprint density at radius 1 is 1.38 bits per heavy atom. The van der Waals surface area contributed by atoms with Gasteiger partial charge in [-0.05, 0) is 11.6 Å². The van der Waals surface area contributed by atoms with Gasteiger partial charge in [-0.2, -0.15) is 0 Å². The van der Waals surface area contributed by atoms with Crippen LogP contribution in [0.2, 0.25) is 0 Å². The summed E-state index contributed by atoms with van der Waals surface area (Å²) in [4.78, 5) is 0. The van der Waals surface area contributed by atoms with Crippen LogP contribution in [0, 0.1) is 0 Å². The van der Waals surface area contributed by atoms with Crippen molar-refractivity contribution in [1.82, 2.24) is 4.31 Å². The van der Waals surface area contributed by atoms with Crippen LogP contribution in [-0.2, 0) is 16.6 Å². The number of sulfonamides is 1. The first-order valence-electron chi connectivity index (χ1n) is 4.75. The highest BCUT2D eigenvalue weighted by atomic mass is 79.9. The minimum atomic E-state index is -3.36. The van der Waals surface area contributed by atoms with Crippen molar-refractivity contribution < 1.29 is 13.5 Å². The van der Waals surface area contributed by atoms with E-state index in [2.05, 4.69) is 15.9 Å². The van der Waals surface area contributed by atoms with E-state index < -0.39 is 10.0 Å². The molecule has 0 bridgehead atoms. The Balaban J connectivity index is 2.79. The van der Waals surface area contributed by atoms with Crippen molar-refractivity contribution in [3.05, 3.63) is 34.3 Å². The van der Waals surface area contributed by atoms with Gasteiger partial charge >= 0.3 is 0 Å². The minimum Gasteiger partial charge on any atom is -0.395 e. The van der Waals surface area contributed by atoms with Crippen LogP contribution in [0.4, 0.5) is 0 Å². The summed E-state index contributed by atoms with van der Waals surface area (Å²) in [5.41, 5.74) is 0.895. The second-order valence-electron chi connectivity index (χ2n) is 3.39. The molecule has 0 atom stereocenters. The molecule has 0 saturated carbocycles. The van der Waals surface area contributed by atoms with E-state index in [-0.39, 0.29) is 12.4 Å². The number of rotatable bonds is 5. The first kappa shape index (κ1) is 13.6. The lowest BCUT2D eigenvalue weighted by atomic mass is 10.2. The third-order valence-corrected chi connectivity index (χ3v) is 4.73. The Bertz CT molecular complexity index is 447. The van der Waals surface area contributed by atoms with Crippen molar-refractivity contribution in [2.75, 3.05) is 19.4 Å². The van der Waals surface area contributed by atoms with Crippen LogP contribution < -0.4 is 0 Å². The third kappa shape index (κ3) is 3.55. The fourth-order valence-corrected chi connectivity index (χ4v) is 2.52. The first-order chi connectivity index (χ1) is 7.47. The maximum Gasteiger partial charge on any atom is 0.216 e. The molecule has 0 spiro atoms. The number of aliphatic hydroxyl groups excluding tert-OH is 1. The Morgan fingerprint density at radius 2 is 2.00 bits per heavy atom. The van der Waals surface area contributed by atoms with Gasteiger partial charge in [0, 0.05) is 18.1 Å². The maximum absolute atomic E-state index is 11.6. The summed E-state index contributed by atoms with van der Waals surface area (Å²) in [6.45, 7) is -0.0631. The molecule has 6 heteroatoms. The molecular weight excluding hydrogens is 294 g/mol. The average Bonchev–Trinajstić information content (AvgIpc) is 2.21. The first-order valence-corrected chi connectivity index (χ1v) is 7.16. The summed E-state index contributed by atoms with van der Waals surface area (Å²) < 4.78 is 25.3. The molecule has 0 unspecified atom stereocenters. The SMILES string of the molecule is CN(Cc1ccccc1Br)S(=O)(=O)CCO. The molecule has 0 aliphatic heterocycles. The standard InChI is InChI=1S/C10H14BrNO3S/c1-12(16(14,15)7-6-13)8-9-4-2-3-5-10(9)11/h2-5,13H,6-8H2,1H3. The van der Waals surface area contributed by atoms with E-state index in [1.807, 2.05) is 24.3 Å². The highest BCUT2D eigenvalue weighted by Gasteiger charge is 2.17. The molecule has 0 fully saturated rings. The molecule has 0 saturated heterocycles. The lowest BCUT2D eigenvalue weighted by molar-refractivity contribution is 0.316. The van der Waals surface area contributed by atoms with Crippen molar-refractivity contribution in [2.24, 2.45) is 0 Å². The second-order valence-corrected chi connectivity index (χ2v) is 6.44. The van der Waals surface area contributed by atoms with Gasteiger partial charge in [0.05, 0.1) is 12.4 Å². The number of aliphatic hydroxyl groups is 1. The van der Waals surface area contributed by atoms with Crippen LogP contribution in [0.15, 0.2) is 28.7 Å². The van der Waals surface area contributed by atoms with Crippen molar-refractivity contribution in [3.63, 3.8) is 0 Å². The fourth-order valence-electron chi connectivity index (χ4n) is 1.24. The lowest BCUT2D eigenvalue weighted by Crippen LogP contribution is -2.30. The highest BCUT2D eigenvalue weighted by Crippen LogP contribution is 2.18. The Labute approximate surface area is 104 Å². The molecule has 0 heterocycles. The van der Waals surface area contributed by atoms with Gasteiger partial charge in [0.2, 0.25) is 10.0 Å². The average molecular weight is 308 g/mol. The van der Waals surface area contributed by atoms with Gasteiger partial charge in [-0.15, -0.1) is 0 Å². The summed E-state index contributed by atoms with van der Waals surface area (Å²) >= 11 is 3.36. The zero-order chi connectivity index (χ0) is 12.2. The van der Waals surface area contributed by atoms with E-state index in [1.54, 1.807) is 0 Å². The predicted molar refractivity (Wildman–Crippen MR) is 66.5 cm³/mol.